The first-order chi connectivity index (χ1) is 8.74. The van der Waals surface area contributed by atoms with Gasteiger partial charge in [0.25, 0.3) is 0 Å². The SMILES string of the molecule is CC(C)OC(=O)NS(=O)(=O)N1CCCC[C@H]1C(=O)O. The fourth-order valence-corrected chi connectivity index (χ4v) is 3.12. The van der Waals surface area contributed by atoms with Crippen LogP contribution in [0.3, 0.4) is 0 Å². The van der Waals surface area contributed by atoms with E-state index in [1.807, 2.05) is 0 Å². The van der Waals surface area contributed by atoms with Gasteiger partial charge in [-0.3, -0.25) is 4.79 Å². The van der Waals surface area contributed by atoms with Crippen molar-refractivity contribution in [3.63, 3.8) is 0 Å². The van der Waals surface area contributed by atoms with E-state index in [2.05, 4.69) is 4.74 Å². The molecule has 0 saturated carbocycles. The van der Waals surface area contributed by atoms with Crippen molar-refractivity contribution in [3.05, 3.63) is 0 Å². The lowest BCUT2D eigenvalue weighted by atomic mass is 10.1. The molecule has 0 radical (unpaired) electrons. The summed E-state index contributed by atoms with van der Waals surface area (Å²) in [4.78, 5) is 22.3. The first-order valence-electron chi connectivity index (χ1n) is 5.97. The molecule has 9 heteroatoms. The molecule has 0 aromatic heterocycles. The number of amides is 1. The fourth-order valence-electron chi connectivity index (χ4n) is 1.84. The smallest absolute Gasteiger partial charge is 0.422 e. The molecule has 8 nitrogen and oxygen atoms in total. The number of piperidine rings is 1. The Balaban J connectivity index is 2.79. The number of carboxylic acid groups (broad SMARTS) is 1. The summed E-state index contributed by atoms with van der Waals surface area (Å²) in [5.41, 5.74) is 0. The van der Waals surface area contributed by atoms with E-state index in [1.54, 1.807) is 18.6 Å². The molecule has 0 aromatic rings. The normalized spacial score (nSPS) is 21.1. The minimum absolute atomic E-state index is 0.0707. The minimum Gasteiger partial charge on any atom is -0.480 e. The summed E-state index contributed by atoms with van der Waals surface area (Å²) in [5.74, 6) is -1.22. The lowest BCUT2D eigenvalue weighted by molar-refractivity contribution is -0.142. The van der Waals surface area contributed by atoms with E-state index in [1.165, 1.54) is 0 Å². The Kier molecular flexibility index (Phi) is 5.12. The van der Waals surface area contributed by atoms with E-state index in [4.69, 9.17) is 5.11 Å². The number of aliphatic carboxylic acids is 1. The molecule has 1 rings (SSSR count). The van der Waals surface area contributed by atoms with Crippen LogP contribution in [-0.2, 0) is 19.7 Å². The third-order valence-electron chi connectivity index (χ3n) is 2.60. The molecule has 2 N–H and O–H groups in total. The van der Waals surface area contributed by atoms with Crippen molar-refractivity contribution < 1.29 is 27.9 Å². The molecule has 110 valence electrons. The van der Waals surface area contributed by atoms with Gasteiger partial charge in [0, 0.05) is 6.54 Å². The largest absolute Gasteiger partial charge is 0.480 e. The van der Waals surface area contributed by atoms with E-state index in [9.17, 15) is 18.0 Å². The Labute approximate surface area is 111 Å². The zero-order valence-electron chi connectivity index (χ0n) is 10.8. The number of hydrogen-bond acceptors (Lipinski definition) is 5. The van der Waals surface area contributed by atoms with Gasteiger partial charge in [-0.15, -0.1) is 0 Å². The Morgan fingerprint density at radius 3 is 2.53 bits per heavy atom. The van der Waals surface area contributed by atoms with Crippen molar-refractivity contribution in [3.8, 4) is 0 Å². The van der Waals surface area contributed by atoms with Crippen LogP contribution < -0.4 is 4.72 Å². The van der Waals surface area contributed by atoms with Crippen molar-refractivity contribution in [2.24, 2.45) is 0 Å². The summed E-state index contributed by atoms with van der Waals surface area (Å²) in [6, 6.07) is -1.14. The van der Waals surface area contributed by atoms with Crippen LogP contribution in [0, 0.1) is 0 Å². The number of carbonyl (C=O) groups excluding carboxylic acids is 1. The molecule has 1 fully saturated rings. The second-order valence-corrected chi connectivity index (χ2v) is 6.14. The molecule has 0 unspecified atom stereocenters. The average Bonchev–Trinajstić information content (AvgIpc) is 2.26. The van der Waals surface area contributed by atoms with Crippen LogP contribution in [-0.4, -0.2) is 48.6 Å². The number of ether oxygens (including phenoxy) is 1. The van der Waals surface area contributed by atoms with E-state index in [-0.39, 0.29) is 13.0 Å². The third-order valence-corrected chi connectivity index (χ3v) is 4.08. The molecule has 1 amide bonds. The van der Waals surface area contributed by atoms with E-state index >= 15 is 0 Å². The molecule has 0 bridgehead atoms. The van der Waals surface area contributed by atoms with Gasteiger partial charge in [0.2, 0.25) is 0 Å². The maximum absolute atomic E-state index is 11.9. The van der Waals surface area contributed by atoms with Crippen molar-refractivity contribution in [2.45, 2.75) is 45.3 Å². The number of nitrogens with one attached hydrogen (secondary N) is 1. The highest BCUT2D eigenvalue weighted by atomic mass is 32.2. The standard InChI is InChI=1S/C10H18N2O6S/c1-7(2)18-10(15)11-19(16,17)12-6-4-3-5-8(12)9(13)14/h7-8H,3-6H2,1-2H3,(H,11,15)(H,13,14)/t8-/m0/s1. The molecule has 0 aliphatic carbocycles. The minimum atomic E-state index is -4.19. The average molecular weight is 294 g/mol. The van der Waals surface area contributed by atoms with Gasteiger partial charge < -0.3 is 9.84 Å². The van der Waals surface area contributed by atoms with Gasteiger partial charge in [-0.1, -0.05) is 0 Å². The zero-order chi connectivity index (χ0) is 14.6. The molecule has 1 saturated heterocycles. The van der Waals surface area contributed by atoms with Crippen molar-refractivity contribution in [2.75, 3.05) is 6.54 Å². The summed E-state index contributed by atoms with van der Waals surface area (Å²) in [6.07, 6.45) is -0.143. The molecule has 0 spiro atoms. The van der Waals surface area contributed by atoms with Crippen molar-refractivity contribution in [1.82, 2.24) is 9.03 Å². The van der Waals surface area contributed by atoms with Gasteiger partial charge in [0.05, 0.1) is 6.10 Å². The van der Waals surface area contributed by atoms with E-state index in [0.29, 0.717) is 12.8 Å². The van der Waals surface area contributed by atoms with Gasteiger partial charge in [-0.2, -0.15) is 12.7 Å². The Morgan fingerprint density at radius 1 is 1.37 bits per heavy atom. The van der Waals surface area contributed by atoms with E-state index < -0.39 is 34.4 Å². The van der Waals surface area contributed by atoms with Gasteiger partial charge in [-0.25, -0.2) is 9.52 Å². The fraction of sp³-hybridized carbons (Fsp3) is 0.800. The highest BCUT2D eigenvalue weighted by Crippen LogP contribution is 2.20. The number of hydrogen-bond donors (Lipinski definition) is 2. The molecular formula is C10H18N2O6S. The van der Waals surface area contributed by atoms with E-state index in [0.717, 1.165) is 4.31 Å². The molecule has 1 heterocycles. The van der Waals surface area contributed by atoms with Crippen molar-refractivity contribution in [1.29, 1.82) is 0 Å². The second kappa shape index (κ2) is 6.20. The Morgan fingerprint density at radius 2 is 2.00 bits per heavy atom. The lowest BCUT2D eigenvalue weighted by Crippen LogP contribution is -2.53. The first-order valence-corrected chi connectivity index (χ1v) is 7.41. The summed E-state index contributed by atoms with van der Waals surface area (Å²) in [7, 11) is -4.19. The van der Waals surface area contributed by atoms with Gasteiger partial charge >= 0.3 is 22.3 Å². The lowest BCUT2D eigenvalue weighted by Gasteiger charge is -2.31. The van der Waals surface area contributed by atoms with Gasteiger partial charge in [0.1, 0.15) is 6.04 Å². The molecular weight excluding hydrogens is 276 g/mol. The highest BCUT2D eigenvalue weighted by Gasteiger charge is 2.37. The summed E-state index contributed by atoms with van der Waals surface area (Å²) >= 11 is 0. The molecule has 1 atom stereocenters. The molecule has 1 aliphatic heterocycles. The quantitative estimate of drug-likeness (QED) is 0.771. The van der Waals surface area contributed by atoms with Crippen LogP contribution >= 0.6 is 0 Å². The second-order valence-electron chi connectivity index (χ2n) is 4.52. The van der Waals surface area contributed by atoms with Crippen LogP contribution in [0.15, 0.2) is 0 Å². The number of rotatable bonds is 4. The van der Waals surface area contributed by atoms with Crippen molar-refractivity contribution >= 4 is 22.3 Å². The zero-order valence-corrected chi connectivity index (χ0v) is 11.6. The summed E-state index contributed by atoms with van der Waals surface area (Å²) in [6.45, 7) is 3.22. The Bertz CT molecular complexity index is 447. The maximum Gasteiger partial charge on any atom is 0.422 e. The van der Waals surface area contributed by atoms with Crippen LogP contribution in [0.5, 0.6) is 0 Å². The highest BCUT2D eigenvalue weighted by molar-refractivity contribution is 7.87. The first kappa shape index (κ1) is 15.7. The predicted octanol–water partition coefficient (Wildman–Crippen LogP) is 0.305. The van der Waals surface area contributed by atoms with Gasteiger partial charge in [0.15, 0.2) is 0 Å². The Hall–Kier alpha value is -1.35. The number of carbonyl (C=O) groups is 2. The third kappa shape index (κ3) is 4.35. The predicted molar refractivity (Wildman–Crippen MR) is 65.7 cm³/mol. The number of nitrogens with zero attached hydrogens (tertiary/aromatic N) is 1. The maximum atomic E-state index is 11.9. The topological polar surface area (TPSA) is 113 Å². The monoisotopic (exact) mass is 294 g/mol. The summed E-state index contributed by atoms with van der Waals surface area (Å²) < 4.78 is 31.1. The van der Waals surface area contributed by atoms with Crippen LogP contribution in [0.25, 0.3) is 0 Å². The van der Waals surface area contributed by atoms with Crippen LogP contribution in [0.2, 0.25) is 0 Å². The molecule has 19 heavy (non-hydrogen) atoms. The molecule has 0 aromatic carbocycles. The number of carboxylic acids is 1. The summed E-state index contributed by atoms with van der Waals surface area (Å²) in [5, 5.41) is 9.00. The van der Waals surface area contributed by atoms with Gasteiger partial charge in [-0.05, 0) is 33.1 Å². The van der Waals surface area contributed by atoms with Crippen LogP contribution in [0.4, 0.5) is 4.79 Å². The molecule has 1 aliphatic rings. The van der Waals surface area contributed by atoms with Crippen LogP contribution in [0.1, 0.15) is 33.1 Å².